The van der Waals surface area contributed by atoms with E-state index in [4.69, 9.17) is 4.74 Å². The topological polar surface area (TPSA) is 78.9 Å². The second-order valence-corrected chi connectivity index (χ2v) is 11.0. The lowest BCUT2D eigenvalue weighted by Gasteiger charge is -2.45. The zero-order valence-electron chi connectivity index (χ0n) is 21.8. The van der Waals surface area contributed by atoms with Crippen LogP contribution in [0.5, 0.6) is 0 Å². The van der Waals surface area contributed by atoms with Crippen LogP contribution in [0.3, 0.4) is 0 Å². The van der Waals surface area contributed by atoms with Gasteiger partial charge >= 0.3 is 12.1 Å². The molecule has 0 unspecified atom stereocenters. The van der Waals surface area contributed by atoms with Gasteiger partial charge in [-0.3, -0.25) is 9.69 Å². The maximum absolute atomic E-state index is 14.4. The van der Waals surface area contributed by atoms with E-state index in [1.807, 2.05) is 0 Å². The number of carboxylic acid groups (broad SMARTS) is 1. The highest BCUT2D eigenvalue weighted by atomic mass is 19.4. The quantitative estimate of drug-likeness (QED) is 0.433. The first-order chi connectivity index (χ1) is 19.0. The van der Waals surface area contributed by atoms with E-state index in [1.165, 1.54) is 18.2 Å². The van der Waals surface area contributed by atoms with Gasteiger partial charge in [-0.1, -0.05) is 0 Å². The minimum absolute atomic E-state index is 0.0218. The van der Waals surface area contributed by atoms with Gasteiger partial charge in [-0.15, -0.1) is 0 Å². The third kappa shape index (κ3) is 6.00. The van der Waals surface area contributed by atoms with Gasteiger partial charge in [-0.2, -0.15) is 13.2 Å². The molecule has 0 aromatic heterocycles. The van der Waals surface area contributed by atoms with Crippen molar-refractivity contribution in [3.63, 3.8) is 0 Å². The number of nitrogens with zero attached hydrogens (tertiary/aromatic N) is 1. The van der Waals surface area contributed by atoms with Gasteiger partial charge in [0.25, 0.3) is 5.91 Å². The Hall–Kier alpha value is -3.05. The molecule has 0 bridgehead atoms. The molecule has 2 aliphatic heterocycles. The molecule has 1 amide bonds. The molecule has 3 aliphatic rings. The summed E-state index contributed by atoms with van der Waals surface area (Å²) in [6.45, 7) is 1.43. The van der Waals surface area contributed by atoms with Crippen molar-refractivity contribution in [1.29, 1.82) is 0 Å². The second kappa shape index (κ2) is 11.1. The summed E-state index contributed by atoms with van der Waals surface area (Å²) in [6.07, 6.45) is -0.569. The van der Waals surface area contributed by atoms with Crippen molar-refractivity contribution in [2.45, 2.75) is 68.8 Å². The normalized spacial score (nSPS) is 24.6. The molecule has 0 radical (unpaired) electrons. The van der Waals surface area contributed by atoms with Gasteiger partial charge in [0.15, 0.2) is 0 Å². The van der Waals surface area contributed by atoms with Crippen LogP contribution in [0.4, 0.5) is 22.0 Å². The fourth-order valence-electron chi connectivity index (χ4n) is 6.12. The molecule has 216 valence electrons. The Morgan fingerprint density at radius 2 is 1.75 bits per heavy atom. The minimum Gasteiger partial charge on any atom is -0.478 e. The molecule has 1 saturated carbocycles. The predicted molar refractivity (Wildman–Crippen MR) is 135 cm³/mol. The Kier molecular flexibility index (Phi) is 7.89. The molecule has 40 heavy (non-hydrogen) atoms. The number of likely N-dealkylation sites (tertiary alicyclic amines) is 1. The maximum Gasteiger partial charge on any atom is 0.416 e. The van der Waals surface area contributed by atoms with Crippen molar-refractivity contribution in [2.75, 3.05) is 19.7 Å². The number of ether oxygens (including phenoxy) is 1. The van der Waals surface area contributed by atoms with Crippen LogP contribution >= 0.6 is 0 Å². The summed E-state index contributed by atoms with van der Waals surface area (Å²) in [4.78, 5) is 26.9. The molecule has 1 aliphatic carbocycles. The van der Waals surface area contributed by atoms with Gasteiger partial charge in [-0.25, -0.2) is 13.6 Å². The van der Waals surface area contributed by atoms with Crippen molar-refractivity contribution < 1.29 is 41.4 Å². The third-order valence-electron chi connectivity index (χ3n) is 8.47. The predicted octanol–water partition coefficient (Wildman–Crippen LogP) is 5.51. The van der Waals surface area contributed by atoms with Gasteiger partial charge in [0.1, 0.15) is 17.2 Å². The van der Waals surface area contributed by atoms with Gasteiger partial charge in [0.2, 0.25) is 0 Å². The second-order valence-electron chi connectivity index (χ2n) is 11.0. The number of nitrogens with one attached hydrogen (secondary N) is 1. The zero-order valence-corrected chi connectivity index (χ0v) is 21.8. The summed E-state index contributed by atoms with van der Waals surface area (Å²) in [5, 5.41) is 11.9. The van der Waals surface area contributed by atoms with E-state index < -0.39 is 40.9 Å². The molecule has 2 aromatic rings. The monoisotopic (exact) mass is 566 g/mol. The number of carbonyl (C=O) groups excluding carboxylic acids is 1. The number of aromatic carboxylic acids is 1. The van der Waals surface area contributed by atoms with Crippen LogP contribution in [-0.4, -0.2) is 53.2 Å². The highest BCUT2D eigenvalue weighted by molar-refractivity contribution is 5.88. The average molecular weight is 567 g/mol. The standard InChI is InChI=1S/C29H31F5N2O4/c30-22-12-17(11-21(14-22)29(32,33)34)15-35-27(39)28(20-2-3-20)8-5-23(16-40-28)36-9-6-18(7-10-36)24-13-19(26(37)38)1-4-25(24)31/h1,4,11-14,18,20,23H,2-3,5-10,15-16H2,(H,35,39)(H,37,38)/t23-,28+/m1/s1. The number of amides is 1. The number of benzene rings is 2. The molecule has 2 N–H and O–H groups in total. The highest BCUT2D eigenvalue weighted by Crippen LogP contribution is 2.47. The van der Waals surface area contributed by atoms with Crippen molar-refractivity contribution in [3.8, 4) is 0 Å². The van der Waals surface area contributed by atoms with Crippen molar-refractivity contribution in [1.82, 2.24) is 10.2 Å². The number of piperidine rings is 1. The van der Waals surface area contributed by atoms with Crippen LogP contribution in [0.15, 0.2) is 36.4 Å². The highest BCUT2D eigenvalue weighted by Gasteiger charge is 2.54. The fourth-order valence-corrected chi connectivity index (χ4v) is 6.12. The summed E-state index contributed by atoms with van der Waals surface area (Å²) in [7, 11) is 0. The van der Waals surface area contributed by atoms with E-state index in [1.54, 1.807) is 0 Å². The third-order valence-corrected chi connectivity index (χ3v) is 8.47. The Labute approximate surface area is 228 Å². The lowest BCUT2D eigenvalue weighted by molar-refractivity contribution is -0.165. The fraction of sp³-hybridized carbons (Fsp3) is 0.517. The van der Waals surface area contributed by atoms with Gasteiger partial charge < -0.3 is 15.2 Å². The number of rotatable bonds is 7. The Morgan fingerprint density at radius 3 is 2.35 bits per heavy atom. The minimum atomic E-state index is -4.69. The lowest BCUT2D eigenvalue weighted by Crippen LogP contribution is -2.57. The summed E-state index contributed by atoms with van der Waals surface area (Å²) in [6, 6.07) is 6.17. The maximum atomic E-state index is 14.4. The molecule has 2 saturated heterocycles. The summed E-state index contributed by atoms with van der Waals surface area (Å²) in [5.41, 5.74) is -1.66. The van der Waals surface area contributed by atoms with Crippen LogP contribution in [0, 0.1) is 17.6 Å². The first-order valence-corrected chi connectivity index (χ1v) is 13.5. The van der Waals surface area contributed by atoms with Crippen LogP contribution in [0.25, 0.3) is 0 Å². The number of carboxylic acids is 1. The van der Waals surface area contributed by atoms with E-state index in [-0.39, 0.29) is 35.5 Å². The molecule has 5 rings (SSSR count). The summed E-state index contributed by atoms with van der Waals surface area (Å²) < 4.78 is 73.6. The van der Waals surface area contributed by atoms with Crippen LogP contribution in [0.1, 0.15) is 71.5 Å². The Balaban J connectivity index is 1.18. The molecular weight excluding hydrogens is 535 g/mol. The number of hydrogen-bond acceptors (Lipinski definition) is 4. The van der Waals surface area contributed by atoms with E-state index in [9.17, 15) is 36.6 Å². The first kappa shape index (κ1) is 28.5. The van der Waals surface area contributed by atoms with Gasteiger partial charge in [0, 0.05) is 12.6 Å². The lowest BCUT2D eigenvalue weighted by atomic mass is 9.84. The SMILES string of the molecule is O=C(O)c1ccc(F)c(C2CCN([C@@H]3CC[C@@](C(=O)NCc4cc(F)cc(C(F)(F)F)c4)(C4CC4)OC3)CC2)c1. The number of halogens is 5. The average Bonchev–Trinajstić information content (AvgIpc) is 3.77. The molecule has 2 atom stereocenters. The largest absolute Gasteiger partial charge is 0.478 e. The van der Waals surface area contributed by atoms with Crippen LogP contribution < -0.4 is 5.32 Å². The van der Waals surface area contributed by atoms with Crippen LogP contribution in [-0.2, 0) is 22.3 Å². The molecule has 0 spiro atoms. The van der Waals surface area contributed by atoms with Crippen molar-refractivity contribution in [3.05, 3.63) is 70.3 Å². The van der Waals surface area contributed by atoms with Crippen molar-refractivity contribution >= 4 is 11.9 Å². The Morgan fingerprint density at radius 1 is 1.02 bits per heavy atom. The van der Waals surface area contributed by atoms with Crippen LogP contribution in [0.2, 0.25) is 0 Å². The molecular formula is C29H31F5N2O4. The van der Waals surface area contributed by atoms with E-state index >= 15 is 0 Å². The summed E-state index contributed by atoms with van der Waals surface area (Å²) in [5.74, 6) is -2.97. The molecule has 2 aromatic carbocycles. The van der Waals surface area contributed by atoms with Gasteiger partial charge in [0.05, 0.1) is 17.7 Å². The van der Waals surface area contributed by atoms with E-state index in [0.717, 1.165) is 25.0 Å². The molecule has 11 heteroatoms. The molecule has 6 nitrogen and oxygen atoms in total. The molecule has 2 heterocycles. The zero-order chi connectivity index (χ0) is 28.7. The number of alkyl halides is 3. The van der Waals surface area contributed by atoms with E-state index in [2.05, 4.69) is 10.2 Å². The van der Waals surface area contributed by atoms with E-state index in [0.29, 0.717) is 57.0 Å². The first-order valence-electron chi connectivity index (χ1n) is 13.5. The molecule has 3 fully saturated rings. The van der Waals surface area contributed by atoms with Crippen molar-refractivity contribution in [2.24, 2.45) is 5.92 Å². The number of carbonyl (C=O) groups is 2. The van der Waals surface area contributed by atoms with Gasteiger partial charge in [-0.05, 0) is 111 Å². The summed E-state index contributed by atoms with van der Waals surface area (Å²) >= 11 is 0. The number of hydrogen-bond donors (Lipinski definition) is 2. The smallest absolute Gasteiger partial charge is 0.416 e. The Bertz CT molecular complexity index is 1260.